The van der Waals surface area contributed by atoms with Crippen LogP contribution in [-0.4, -0.2) is 14.6 Å². The zero-order valence-electron chi connectivity index (χ0n) is 7.86. The molecule has 12 heavy (non-hydrogen) atoms. The van der Waals surface area contributed by atoms with Gasteiger partial charge in [0.1, 0.15) is 0 Å². The Bertz CT molecular complexity index is 246. The third-order valence-corrected chi connectivity index (χ3v) is 5.37. The molecule has 1 saturated heterocycles. The smallest absolute Gasteiger partial charge is 0.0843 e. The van der Waals surface area contributed by atoms with Crippen LogP contribution in [0.25, 0.3) is 0 Å². The molecule has 3 aliphatic rings. The molecule has 0 radical (unpaired) electrons. The van der Waals surface area contributed by atoms with Gasteiger partial charge in [0.2, 0.25) is 0 Å². The van der Waals surface area contributed by atoms with Gasteiger partial charge >= 0.3 is 0 Å². The fourth-order valence-corrected chi connectivity index (χ4v) is 2.72. The van der Waals surface area contributed by atoms with Crippen molar-refractivity contribution in [3.8, 4) is 0 Å². The highest BCUT2D eigenvalue weighted by Crippen LogP contribution is 2.52. The van der Waals surface area contributed by atoms with Gasteiger partial charge in [0.15, 0.2) is 0 Å². The van der Waals surface area contributed by atoms with Gasteiger partial charge in [-0.15, -0.1) is 0 Å². The summed E-state index contributed by atoms with van der Waals surface area (Å²) in [5.41, 5.74) is 0.00569. The average Bonchev–Trinajstić information content (AvgIpc) is 1.92. The minimum atomic E-state index is -0.00465. The van der Waals surface area contributed by atoms with Gasteiger partial charge in [0.05, 0.1) is 14.6 Å². The Labute approximate surface area is 87.7 Å². The molecule has 2 heterocycles. The van der Waals surface area contributed by atoms with E-state index in [0.717, 1.165) is 6.42 Å². The van der Waals surface area contributed by atoms with E-state index in [0.29, 0.717) is 0 Å². The molecule has 0 aromatic rings. The van der Waals surface area contributed by atoms with Gasteiger partial charge < -0.3 is 4.74 Å². The quantitative estimate of drug-likeness (QED) is 0.376. The van der Waals surface area contributed by atoms with Crippen molar-refractivity contribution in [2.45, 2.75) is 48.2 Å². The van der Waals surface area contributed by atoms with Gasteiger partial charge in [-0.1, -0.05) is 34.7 Å². The Morgan fingerprint density at radius 1 is 1.17 bits per heavy atom. The highest BCUT2D eigenvalue weighted by molar-refractivity contribution is 14.1. The topological polar surface area (TPSA) is 9.23 Å². The molecule has 0 spiro atoms. The summed E-state index contributed by atoms with van der Waals surface area (Å²) in [7, 11) is 0. The largest absolute Gasteiger partial charge is 0.364 e. The Morgan fingerprint density at radius 2 is 1.83 bits per heavy atom. The van der Waals surface area contributed by atoms with Crippen LogP contribution < -0.4 is 0 Å². The van der Waals surface area contributed by atoms with Crippen LogP contribution >= 0.6 is 22.6 Å². The lowest BCUT2D eigenvalue weighted by molar-refractivity contribution is -0.156. The molecule has 0 saturated carbocycles. The zero-order chi connectivity index (χ0) is 9.04. The van der Waals surface area contributed by atoms with Crippen molar-refractivity contribution >= 4 is 22.6 Å². The van der Waals surface area contributed by atoms with E-state index in [-0.39, 0.29) is 14.6 Å². The number of rotatable bonds is 0. The first-order chi connectivity index (χ1) is 5.37. The van der Waals surface area contributed by atoms with Gasteiger partial charge in [0.25, 0.3) is 0 Å². The summed E-state index contributed by atoms with van der Waals surface area (Å²) < 4.78 is 6.29. The number of halogens is 1. The van der Waals surface area contributed by atoms with Crippen LogP contribution in [0.1, 0.15) is 33.6 Å². The van der Waals surface area contributed by atoms with Crippen molar-refractivity contribution in [3.05, 3.63) is 12.2 Å². The third-order valence-electron chi connectivity index (χ3n) is 3.17. The van der Waals surface area contributed by atoms with Crippen LogP contribution in [0.15, 0.2) is 12.2 Å². The molecule has 1 nitrogen and oxygen atoms in total. The Balaban J connectivity index is 2.45. The van der Waals surface area contributed by atoms with E-state index in [1.165, 1.54) is 6.42 Å². The maximum absolute atomic E-state index is 6.07. The minimum absolute atomic E-state index is 0.00465. The SMILES string of the molecule is CC12C=CC(I)(CC1)C(C)(C)O2. The second-order valence-electron chi connectivity index (χ2n) is 4.62. The van der Waals surface area contributed by atoms with E-state index in [9.17, 15) is 0 Å². The highest BCUT2D eigenvalue weighted by atomic mass is 127. The molecular weight excluding hydrogens is 263 g/mol. The van der Waals surface area contributed by atoms with Crippen molar-refractivity contribution in [3.63, 3.8) is 0 Å². The van der Waals surface area contributed by atoms with E-state index in [4.69, 9.17) is 4.74 Å². The van der Waals surface area contributed by atoms with Crippen LogP contribution in [0.5, 0.6) is 0 Å². The molecule has 2 bridgehead atoms. The summed E-state index contributed by atoms with van der Waals surface area (Å²) in [6, 6.07) is 0. The Kier molecular flexibility index (Phi) is 1.70. The Morgan fingerprint density at radius 3 is 2.17 bits per heavy atom. The monoisotopic (exact) mass is 278 g/mol. The van der Waals surface area contributed by atoms with E-state index < -0.39 is 0 Å². The number of alkyl halides is 1. The van der Waals surface area contributed by atoms with Gasteiger partial charge in [-0.25, -0.2) is 0 Å². The normalized spacial score (nSPS) is 49.7. The summed E-state index contributed by atoms with van der Waals surface area (Å²) in [5, 5.41) is 0. The number of hydrogen-bond acceptors (Lipinski definition) is 1. The molecule has 2 unspecified atom stereocenters. The van der Waals surface area contributed by atoms with Crippen molar-refractivity contribution < 1.29 is 4.74 Å². The summed E-state index contributed by atoms with van der Waals surface area (Å²) >= 11 is 2.53. The second kappa shape index (κ2) is 2.27. The van der Waals surface area contributed by atoms with Gasteiger partial charge in [0, 0.05) is 0 Å². The fourth-order valence-electron chi connectivity index (χ4n) is 2.16. The van der Waals surface area contributed by atoms with Crippen molar-refractivity contribution in [1.82, 2.24) is 0 Å². The van der Waals surface area contributed by atoms with E-state index in [2.05, 4.69) is 55.5 Å². The minimum Gasteiger partial charge on any atom is -0.364 e. The standard InChI is InChI=1S/C10H15IO/c1-8(2)10(11)6-4-9(3,12-8)5-7-10/h4,6H,5,7H2,1-3H3. The van der Waals surface area contributed by atoms with E-state index in [1.54, 1.807) is 0 Å². The summed E-state index contributed by atoms with van der Waals surface area (Å²) in [6.45, 7) is 6.57. The van der Waals surface area contributed by atoms with Gasteiger partial charge in [-0.3, -0.25) is 0 Å². The summed E-state index contributed by atoms with van der Waals surface area (Å²) in [6.07, 6.45) is 6.97. The van der Waals surface area contributed by atoms with Gasteiger partial charge in [-0.2, -0.15) is 0 Å². The van der Waals surface area contributed by atoms with Crippen molar-refractivity contribution in [2.75, 3.05) is 0 Å². The van der Waals surface area contributed by atoms with Crippen LogP contribution in [0.2, 0.25) is 0 Å². The van der Waals surface area contributed by atoms with Crippen molar-refractivity contribution in [1.29, 1.82) is 0 Å². The number of ether oxygens (including phenoxy) is 1. The predicted molar refractivity (Wildman–Crippen MR) is 58.7 cm³/mol. The average molecular weight is 278 g/mol. The van der Waals surface area contributed by atoms with Crippen LogP contribution in [0.3, 0.4) is 0 Å². The van der Waals surface area contributed by atoms with Crippen LogP contribution in [0.4, 0.5) is 0 Å². The molecule has 0 aromatic heterocycles. The molecule has 0 aromatic carbocycles. The second-order valence-corrected chi connectivity index (χ2v) is 6.55. The maximum atomic E-state index is 6.07. The first kappa shape index (κ1) is 9.00. The van der Waals surface area contributed by atoms with Gasteiger partial charge in [-0.05, 0) is 33.6 Å². The molecule has 1 fully saturated rings. The molecule has 68 valence electrons. The number of hydrogen-bond donors (Lipinski definition) is 0. The third kappa shape index (κ3) is 1.07. The molecule has 3 rings (SSSR count). The molecule has 2 heteroatoms. The lowest BCUT2D eigenvalue weighted by Crippen LogP contribution is -2.59. The zero-order valence-corrected chi connectivity index (χ0v) is 10.0. The van der Waals surface area contributed by atoms with Crippen molar-refractivity contribution in [2.24, 2.45) is 0 Å². The first-order valence-corrected chi connectivity index (χ1v) is 5.54. The predicted octanol–water partition coefficient (Wildman–Crippen LogP) is 3.08. The fraction of sp³-hybridized carbons (Fsp3) is 0.800. The molecule has 2 atom stereocenters. The highest BCUT2D eigenvalue weighted by Gasteiger charge is 2.53. The molecule has 0 N–H and O–H groups in total. The number of fused-ring (bicyclic) bond motifs is 2. The lowest BCUT2D eigenvalue weighted by Gasteiger charge is -2.55. The lowest BCUT2D eigenvalue weighted by atomic mass is 9.74. The van der Waals surface area contributed by atoms with E-state index >= 15 is 0 Å². The van der Waals surface area contributed by atoms with Crippen LogP contribution in [-0.2, 0) is 4.74 Å². The Hall–Kier alpha value is 0.430. The maximum Gasteiger partial charge on any atom is 0.0843 e. The van der Waals surface area contributed by atoms with E-state index in [1.807, 2.05) is 0 Å². The molecular formula is C10H15IO. The molecule has 2 aliphatic heterocycles. The summed E-state index contributed by atoms with van der Waals surface area (Å²) in [5.74, 6) is 0. The first-order valence-electron chi connectivity index (χ1n) is 4.47. The molecule has 0 amide bonds. The molecule has 1 aliphatic carbocycles. The van der Waals surface area contributed by atoms with Crippen LogP contribution in [0, 0.1) is 0 Å². The summed E-state index contributed by atoms with van der Waals surface area (Å²) in [4.78, 5) is 0.